The predicted octanol–water partition coefficient (Wildman–Crippen LogP) is 1.91. The molecule has 1 rings (SSSR count). The molecule has 0 aromatic heterocycles. The Labute approximate surface area is 57.6 Å². The van der Waals surface area contributed by atoms with Gasteiger partial charge in [-0.1, -0.05) is 26.2 Å². The first-order chi connectivity index (χ1) is 4.34. The standard InChI is InChI=1S/C8H17N/c1-2-7-5-3-4-6-8(7)9/h7-8H,2-6,9H2,1H3/t7-,8+/m0/s1. The highest BCUT2D eigenvalue weighted by atomic mass is 14.7. The molecule has 2 atom stereocenters. The summed E-state index contributed by atoms with van der Waals surface area (Å²) in [4.78, 5) is 0. The van der Waals surface area contributed by atoms with Crippen LogP contribution in [-0.4, -0.2) is 6.04 Å². The monoisotopic (exact) mass is 127 g/mol. The fourth-order valence-electron chi connectivity index (χ4n) is 1.74. The maximum Gasteiger partial charge on any atom is 0.00670 e. The summed E-state index contributed by atoms with van der Waals surface area (Å²) in [5.74, 6) is 0.832. The van der Waals surface area contributed by atoms with Crippen LogP contribution in [0.5, 0.6) is 0 Å². The molecule has 54 valence electrons. The SMILES string of the molecule is CC[C@H]1CCCC[C@H]1N. The van der Waals surface area contributed by atoms with Gasteiger partial charge in [0.2, 0.25) is 0 Å². The van der Waals surface area contributed by atoms with Crippen LogP contribution in [-0.2, 0) is 0 Å². The third-order valence-electron chi connectivity index (χ3n) is 2.49. The van der Waals surface area contributed by atoms with Crippen LogP contribution >= 0.6 is 0 Å². The van der Waals surface area contributed by atoms with E-state index in [1.54, 1.807) is 0 Å². The van der Waals surface area contributed by atoms with Gasteiger partial charge in [0.25, 0.3) is 0 Å². The molecule has 0 spiro atoms. The van der Waals surface area contributed by atoms with Crippen molar-refractivity contribution in [2.45, 2.75) is 45.1 Å². The van der Waals surface area contributed by atoms with E-state index < -0.39 is 0 Å². The molecule has 1 aliphatic carbocycles. The lowest BCUT2D eigenvalue weighted by molar-refractivity contribution is 0.300. The van der Waals surface area contributed by atoms with Crippen molar-refractivity contribution >= 4 is 0 Å². The number of nitrogens with two attached hydrogens (primary N) is 1. The van der Waals surface area contributed by atoms with Crippen LogP contribution in [0.1, 0.15) is 39.0 Å². The lowest BCUT2D eigenvalue weighted by Gasteiger charge is -2.27. The fraction of sp³-hybridized carbons (Fsp3) is 1.00. The van der Waals surface area contributed by atoms with E-state index in [1.165, 1.54) is 32.1 Å². The topological polar surface area (TPSA) is 26.0 Å². The molecule has 9 heavy (non-hydrogen) atoms. The maximum absolute atomic E-state index is 5.89. The smallest absolute Gasteiger partial charge is 0.00670 e. The number of hydrogen-bond acceptors (Lipinski definition) is 1. The van der Waals surface area contributed by atoms with Crippen molar-refractivity contribution in [2.24, 2.45) is 11.7 Å². The van der Waals surface area contributed by atoms with Crippen LogP contribution in [0.15, 0.2) is 0 Å². The lowest BCUT2D eigenvalue weighted by atomic mass is 9.84. The Bertz CT molecular complexity index is 80.6. The second-order valence-electron chi connectivity index (χ2n) is 3.12. The molecule has 0 aromatic rings. The Kier molecular flexibility index (Phi) is 2.52. The van der Waals surface area contributed by atoms with Crippen molar-refractivity contribution in [1.82, 2.24) is 0 Å². The van der Waals surface area contributed by atoms with Gasteiger partial charge in [-0.2, -0.15) is 0 Å². The van der Waals surface area contributed by atoms with Gasteiger partial charge in [-0.25, -0.2) is 0 Å². The molecule has 1 saturated carbocycles. The minimum atomic E-state index is 0.517. The minimum absolute atomic E-state index is 0.517. The molecule has 0 unspecified atom stereocenters. The van der Waals surface area contributed by atoms with Gasteiger partial charge in [-0.15, -0.1) is 0 Å². The van der Waals surface area contributed by atoms with Crippen molar-refractivity contribution < 1.29 is 0 Å². The largest absolute Gasteiger partial charge is 0.327 e. The van der Waals surface area contributed by atoms with Gasteiger partial charge >= 0.3 is 0 Å². The molecule has 2 N–H and O–H groups in total. The number of rotatable bonds is 1. The summed E-state index contributed by atoms with van der Waals surface area (Å²) in [6.45, 7) is 2.25. The van der Waals surface area contributed by atoms with E-state index in [4.69, 9.17) is 5.73 Å². The fourth-order valence-corrected chi connectivity index (χ4v) is 1.74. The van der Waals surface area contributed by atoms with Gasteiger partial charge in [0.1, 0.15) is 0 Å². The molecule has 0 amide bonds. The van der Waals surface area contributed by atoms with Gasteiger partial charge in [0.05, 0.1) is 0 Å². The molecular formula is C8H17N. The average Bonchev–Trinajstić information content (AvgIpc) is 1.89. The predicted molar refractivity (Wildman–Crippen MR) is 40.2 cm³/mol. The van der Waals surface area contributed by atoms with E-state index in [-0.39, 0.29) is 0 Å². The van der Waals surface area contributed by atoms with Crippen LogP contribution in [0.25, 0.3) is 0 Å². The van der Waals surface area contributed by atoms with Crippen LogP contribution in [0.4, 0.5) is 0 Å². The highest BCUT2D eigenvalue weighted by molar-refractivity contribution is 4.76. The van der Waals surface area contributed by atoms with Crippen molar-refractivity contribution in [2.75, 3.05) is 0 Å². The molecule has 1 heteroatoms. The van der Waals surface area contributed by atoms with Crippen LogP contribution < -0.4 is 5.73 Å². The summed E-state index contributed by atoms with van der Waals surface area (Å²) in [6.07, 6.45) is 6.68. The van der Waals surface area contributed by atoms with Gasteiger partial charge in [0.15, 0.2) is 0 Å². The number of hydrogen-bond donors (Lipinski definition) is 1. The van der Waals surface area contributed by atoms with E-state index in [1.807, 2.05) is 0 Å². The molecular weight excluding hydrogens is 110 g/mol. The molecule has 0 bridgehead atoms. The summed E-state index contributed by atoms with van der Waals surface area (Å²) in [5.41, 5.74) is 5.89. The van der Waals surface area contributed by atoms with Gasteiger partial charge < -0.3 is 5.73 Å². The second kappa shape index (κ2) is 3.21. The zero-order chi connectivity index (χ0) is 6.69. The molecule has 0 saturated heterocycles. The van der Waals surface area contributed by atoms with E-state index in [9.17, 15) is 0 Å². The quantitative estimate of drug-likeness (QED) is 0.572. The van der Waals surface area contributed by atoms with Crippen molar-refractivity contribution in [3.8, 4) is 0 Å². The van der Waals surface area contributed by atoms with Crippen LogP contribution in [0, 0.1) is 5.92 Å². The van der Waals surface area contributed by atoms with Crippen LogP contribution in [0.3, 0.4) is 0 Å². The molecule has 0 heterocycles. The third kappa shape index (κ3) is 1.68. The van der Waals surface area contributed by atoms with Gasteiger partial charge in [0, 0.05) is 6.04 Å². The first kappa shape index (κ1) is 7.07. The van der Waals surface area contributed by atoms with Gasteiger partial charge in [-0.05, 0) is 18.8 Å². The molecule has 1 nitrogen and oxygen atoms in total. The second-order valence-corrected chi connectivity index (χ2v) is 3.12. The van der Waals surface area contributed by atoms with Crippen molar-refractivity contribution in [3.05, 3.63) is 0 Å². The summed E-state index contributed by atoms with van der Waals surface area (Å²) < 4.78 is 0. The highest BCUT2D eigenvalue weighted by Gasteiger charge is 2.18. The Morgan fingerprint density at radius 3 is 2.44 bits per heavy atom. The Hall–Kier alpha value is -0.0400. The van der Waals surface area contributed by atoms with Gasteiger partial charge in [-0.3, -0.25) is 0 Å². The van der Waals surface area contributed by atoms with Crippen molar-refractivity contribution in [3.63, 3.8) is 0 Å². The highest BCUT2D eigenvalue weighted by Crippen LogP contribution is 2.24. The zero-order valence-corrected chi connectivity index (χ0v) is 6.27. The Balaban J connectivity index is 2.30. The van der Waals surface area contributed by atoms with E-state index in [2.05, 4.69) is 6.92 Å². The first-order valence-electron chi connectivity index (χ1n) is 4.10. The molecule has 1 fully saturated rings. The lowest BCUT2D eigenvalue weighted by Crippen LogP contribution is -2.32. The summed E-state index contributed by atoms with van der Waals surface area (Å²) in [5, 5.41) is 0. The van der Waals surface area contributed by atoms with Crippen molar-refractivity contribution in [1.29, 1.82) is 0 Å². The summed E-state index contributed by atoms with van der Waals surface area (Å²) in [6, 6.07) is 0.517. The first-order valence-corrected chi connectivity index (χ1v) is 4.10. The van der Waals surface area contributed by atoms with E-state index in [0.717, 1.165) is 5.92 Å². The van der Waals surface area contributed by atoms with E-state index in [0.29, 0.717) is 6.04 Å². The molecule has 0 aliphatic heterocycles. The normalized spacial score (nSPS) is 36.7. The van der Waals surface area contributed by atoms with Crippen LogP contribution in [0.2, 0.25) is 0 Å². The Morgan fingerprint density at radius 2 is 2.00 bits per heavy atom. The zero-order valence-electron chi connectivity index (χ0n) is 6.27. The van der Waals surface area contributed by atoms with E-state index >= 15 is 0 Å². The summed E-state index contributed by atoms with van der Waals surface area (Å²) >= 11 is 0. The molecule has 0 aromatic carbocycles. The molecule has 1 aliphatic rings. The summed E-state index contributed by atoms with van der Waals surface area (Å²) in [7, 11) is 0. The average molecular weight is 127 g/mol. The Morgan fingerprint density at radius 1 is 1.33 bits per heavy atom. The third-order valence-corrected chi connectivity index (χ3v) is 2.49. The minimum Gasteiger partial charge on any atom is -0.327 e. The maximum atomic E-state index is 5.89. The molecule has 0 radical (unpaired) electrons.